The van der Waals surface area contributed by atoms with E-state index in [9.17, 15) is 9.59 Å². The lowest BCUT2D eigenvalue weighted by Crippen LogP contribution is -2.39. The van der Waals surface area contributed by atoms with Crippen molar-refractivity contribution in [3.8, 4) is 0 Å². The van der Waals surface area contributed by atoms with Crippen LogP contribution in [0, 0.1) is 12.5 Å². The normalized spacial score (nSPS) is 16.9. The highest BCUT2D eigenvalue weighted by atomic mass is 16.2. The minimum atomic E-state index is -0.361. The van der Waals surface area contributed by atoms with Crippen LogP contribution in [0.2, 0.25) is 0 Å². The van der Waals surface area contributed by atoms with Gasteiger partial charge in [0.2, 0.25) is 0 Å². The summed E-state index contributed by atoms with van der Waals surface area (Å²) in [5.74, 6) is 2.30. The molecule has 3 aromatic heterocycles. The van der Waals surface area contributed by atoms with Crippen LogP contribution in [-0.2, 0) is 17.8 Å². The van der Waals surface area contributed by atoms with Gasteiger partial charge in [-0.2, -0.15) is 10.3 Å². The van der Waals surface area contributed by atoms with Crippen molar-refractivity contribution in [3.05, 3.63) is 69.4 Å². The highest BCUT2D eigenvalue weighted by Gasteiger charge is 2.28. The Hall–Kier alpha value is -4.77. The van der Waals surface area contributed by atoms with Crippen molar-refractivity contribution in [2.45, 2.75) is 44.6 Å². The van der Waals surface area contributed by atoms with Crippen LogP contribution in [-0.4, -0.2) is 89.2 Å². The molecule has 5 heterocycles. The van der Waals surface area contributed by atoms with Crippen LogP contribution < -0.4 is 10.9 Å². The van der Waals surface area contributed by atoms with Crippen molar-refractivity contribution in [2.75, 3.05) is 38.0 Å². The van der Waals surface area contributed by atoms with Crippen molar-refractivity contribution in [2.24, 2.45) is 5.92 Å². The van der Waals surface area contributed by atoms with Crippen molar-refractivity contribution in [3.63, 3.8) is 0 Å². The Labute approximate surface area is 241 Å². The van der Waals surface area contributed by atoms with Gasteiger partial charge >= 0.3 is 5.91 Å². The van der Waals surface area contributed by atoms with Crippen molar-refractivity contribution < 1.29 is 4.79 Å². The van der Waals surface area contributed by atoms with E-state index in [1.165, 1.54) is 11.8 Å². The summed E-state index contributed by atoms with van der Waals surface area (Å²) in [6.07, 6.45) is 6.00. The van der Waals surface area contributed by atoms with Gasteiger partial charge in [-0.3, -0.25) is 14.5 Å². The van der Waals surface area contributed by atoms with Crippen molar-refractivity contribution >= 4 is 28.3 Å². The molecule has 1 amide bonds. The molecule has 2 aliphatic heterocycles. The maximum atomic E-state index is 12.7. The van der Waals surface area contributed by atoms with E-state index in [1.807, 2.05) is 12.1 Å². The van der Waals surface area contributed by atoms with Gasteiger partial charge in [0.15, 0.2) is 5.82 Å². The Bertz CT molecular complexity index is 1610. The van der Waals surface area contributed by atoms with E-state index in [4.69, 9.17) is 11.6 Å². The monoisotopic (exact) mass is 568 g/mol. The molecule has 0 saturated carbocycles. The van der Waals surface area contributed by atoms with E-state index in [0.29, 0.717) is 54.4 Å². The smallest absolute Gasteiger partial charge is 0.302 e. The first kappa shape index (κ1) is 27.4. The van der Waals surface area contributed by atoms with E-state index in [0.717, 1.165) is 50.4 Å². The van der Waals surface area contributed by atoms with Crippen LogP contribution in [0.1, 0.15) is 48.8 Å². The summed E-state index contributed by atoms with van der Waals surface area (Å²) < 4.78 is 0. The molecule has 0 aliphatic carbocycles. The third kappa shape index (κ3) is 6.26. The number of nitrogens with one attached hydrogen (secondary N) is 3. The molecule has 0 bridgehead atoms. The summed E-state index contributed by atoms with van der Waals surface area (Å²) >= 11 is 0. The maximum absolute atomic E-state index is 12.7. The van der Waals surface area contributed by atoms with Crippen LogP contribution in [0.5, 0.6) is 0 Å². The molecular weight excluding hydrogens is 536 g/mol. The number of H-pyrrole nitrogens is 2. The van der Waals surface area contributed by atoms with Gasteiger partial charge in [-0.15, -0.1) is 10.2 Å². The molecule has 1 aromatic carbocycles. The number of likely N-dealkylation sites (tertiary alicyclic amines) is 2. The van der Waals surface area contributed by atoms with Gasteiger partial charge in [-0.25, -0.2) is 21.6 Å². The molecule has 3 N–H and O–H groups in total. The molecule has 2 fully saturated rings. The number of tetrazole rings is 1. The maximum Gasteiger partial charge on any atom is 0.302 e. The fraction of sp³-hybridized carbons (Fsp3) is 0.464. The van der Waals surface area contributed by atoms with Crippen LogP contribution >= 0.6 is 0 Å². The largest absolute Gasteiger partial charge is 0.339 e. The standard InChI is InChI=1S/C28H32N12O2/c1-29-16-24(41)40-12-8-20(9-13-40)26-32-22-15-30-36-28(42)25(22)27(33-26)31-21-4-2-19(3-5-21)17-39-10-6-18(7-11-39)14-23-34-37-38-35-23/h2-5,15,18,20H,6-14,16-17H2,(H,36,42)(H,31,32,33)(H,34,35,37,38). The summed E-state index contributed by atoms with van der Waals surface area (Å²) in [4.78, 5) is 41.7. The average Bonchev–Trinajstić information content (AvgIpc) is 3.52. The predicted octanol–water partition coefficient (Wildman–Crippen LogP) is 2.05. The number of hydrogen-bond acceptors (Lipinski definition) is 10. The topological polar surface area (TPSA) is 166 Å². The van der Waals surface area contributed by atoms with Gasteiger partial charge in [0.05, 0.1) is 6.20 Å². The van der Waals surface area contributed by atoms with Gasteiger partial charge in [-0.05, 0) is 62.4 Å². The second kappa shape index (κ2) is 12.4. The molecule has 0 radical (unpaired) electrons. The molecule has 14 heteroatoms. The van der Waals surface area contributed by atoms with E-state index in [-0.39, 0.29) is 23.9 Å². The lowest BCUT2D eigenvalue weighted by molar-refractivity contribution is -0.130. The lowest BCUT2D eigenvalue weighted by Gasteiger charge is -2.31. The van der Waals surface area contributed by atoms with Gasteiger partial charge < -0.3 is 15.1 Å². The zero-order valence-electron chi connectivity index (χ0n) is 23.2. The number of amides is 1. The average molecular weight is 569 g/mol. The lowest BCUT2D eigenvalue weighted by atomic mass is 9.93. The van der Waals surface area contributed by atoms with Gasteiger partial charge in [-0.1, -0.05) is 17.3 Å². The van der Waals surface area contributed by atoms with Crippen molar-refractivity contribution in [1.82, 2.24) is 50.6 Å². The summed E-state index contributed by atoms with van der Waals surface area (Å²) in [7, 11) is 0. The number of carbonyl (C=O) groups excluding carboxylic acids is 1. The first-order chi connectivity index (χ1) is 20.6. The fourth-order valence-corrected chi connectivity index (χ4v) is 5.81. The summed E-state index contributed by atoms with van der Waals surface area (Å²) in [6.45, 7) is 10.9. The minimum absolute atomic E-state index is 0.0324. The quantitative estimate of drug-likeness (QED) is 0.268. The Kier molecular flexibility index (Phi) is 8.09. The highest BCUT2D eigenvalue weighted by Crippen LogP contribution is 2.30. The summed E-state index contributed by atoms with van der Waals surface area (Å²) in [5.41, 5.74) is 2.14. The predicted molar refractivity (Wildman–Crippen MR) is 154 cm³/mol. The van der Waals surface area contributed by atoms with Crippen LogP contribution in [0.25, 0.3) is 15.7 Å². The highest BCUT2D eigenvalue weighted by molar-refractivity contribution is 5.89. The Morgan fingerprint density at radius 3 is 2.57 bits per heavy atom. The molecule has 42 heavy (non-hydrogen) atoms. The number of rotatable bonds is 8. The van der Waals surface area contributed by atoms with Crippen molar-refractivity contribution in [1.29, 1.82) is 0 Å². The zero-order valence-corrected chi connectivity index (χ0v) is 23.2. The fourth-order valence-electron chi connectivity index (χ4n) is 5.81. The zero-order chi connectivity index (χ0) is 28.9. The third-order valence-corrected chi connectivity index (χ3v) is 8.15. The minimum Gasteiger partial charge on any atom is -0.339 e. The molecule has 6 rings (SSSR count). The molecule has 0 spiro atoms. The number of carbonyl (C=O) groups is 1. The summed E-state index contributed by atoms with van der Waals surface area (Å²) in [5, 5.41) is 24.5. The van der Waals surface area contributed by atoms with Gasteiger partial charge in [0, 0.05) is 37.7 Å². The Morgan fingerprint density at radius 1 is 1.07 bits per heavy atom. The molecular formula is C28H32N12O2. The number of anilines is 2. The first-order valence-electron chi connectivity index (χ1n) is 14.2. The molecule has 0 unspecified atom stereocenters. The molecule has 4 aromatic rings. The number of nitrogens with zero attached hydrogens (tertiary/aromatic N) is 9. The number of benzene rings is 1. The van der Waals surface area contributed by atoms with Gasteiger partial charge in [0.1, 0.15) is 22.5 Å². The van der Waals surface area contributed by atoms with Gasteiger partial charge in [0.25, 0.3) is 12.1 Å². The molecule has 216 valence electrons. The molecule has 2 saturated heterocycles. The summed E-state index contributed by atoms with van der Waals surface area (Å²) in [6, 6.07) is 8.20. The first-order valence-corrected chi connectivity index (χ1v) is 14.2. The molecule has 2 aliphatic rings. The number of fused-ring (bicyclic) bond motifs is 1. The Morgan fingerprint density at radius 2 is 1.86 bits per heavy atom. The van der Waals surface area contributed by atoms with E-state index < -0.39 is 0 Å². The van der Waals surface area contributed by atoms with Crippen LogP contribution in [0.15, 0.2) is 35.3 Å². The van der Waals surface area contributed by atoms with Crippen LogP contribution in [0.3, 0.4) is 0 Å². The second-order valence-electron chi connectivity index (χ2n) is 10.9. The number of piperidine rings is 2. The van der Waals surface area contributed by atoms with E-state index in [1.54, 1.807) is 4.90 Å². The molecule has 14 nitrogen and oxygen atoms in total. The molecule has 0 atom stereocenters. The number of aromatic nitrogens is 8. The number of aromatic amines is 2. The van der Waals surface area contributed by atoms with E-state index in [2.05, 4.69) is 63.0 Å². The second-order valence-corrected chi connectivity index (χ2v) is 10.9. The third-order valence-electron chi connectivity index (χ3n) is 8.15. The van der Waals surface area contributed by atoms with Crippen LogP contribution in [0.4, 0.5) is 11.5 Å². The Balaban J connectivity index is 1.12. The van der Waals surface area contributed by atoms with E-state index >= 15 is 0 Å². The number of hydrogen-bond donors (Lipinski definition) is 3. The SMILES string of the molecule is [C-]#[N+]CC(=O)N1CCC(c2nc(Nc3ccc(CN4CCC(Cc5nn[nH]n5)CC4)cc3)c3c(=O)[nH]ncc3n2)CC1.